The van der Waals surface area contributed by atoms with E-state index >= 15 is 0 Å². The summed E-state index contributed by atoms with van der Waals surface area (Å²) in [6, 6.07) is 4.22. The molecule has 1 N–H and O–H groups in total. The van der Waals surface area contributed by atoms with Crippen LogP contribution in [0.4, 0.5) is 11.6 Å². The minimum atomic E-state index is 0.867. The lowest BCUT2D eigenvalue weighted by Crippen LogP contribution is -2.19. The number of rotatable bonds is 5. The van der Waals surface area contributed by atoms with E-state index in [4.69, 9.17) is 0 Å². The molecule has 0 aliphatic heterocycles. The highest BCUT2D eigenvalue weighted by molar-refractivity contribution is 7.09. The van der Waals surface area contributed by atoms with Gasteiger partial charge in [-0.2, -0.15) is 0 Å². The van der Waals surface area contributed by atoms with Gasteiger partial charge in [-0.1, -0.05) is 6.07 Å². The fourth-order valence-electron chi connectivity index (χ4n) is 1.88. The van der Waals surface area contributed by atoms with Crippen LogP contribution in [0.2, 0.25) is 0 Å². The molecule has 0 bridgehead atoms. The van der Waals surface area contributed by atoms with E-state index in [0.29, 0.717) is 0 Å². The molecule has 0 amide bonds. The summed E-state index contributed by atoms with van der Waals surface area (Å²) in [5.41, 5.74) is 1.10. The number of aromatic nitrogens is 2. The molecule has 0 atom stereocenters. The molecule has 2 aromatic rings. The van der Waals surface area contributed by atoms with Gasteiger partial charge >= 0.3 is 0 Å². The van der Waals surface area contributed by atoms with Crippen LogP contribution in [0.15, 0.2) is 23.8 Å². The van der Waals surface area contributed by atoms with Crippen molar-refractivity contribution in [2.75, 3.05) is 23.8 Å². The van der Waals surface area contributed by atoms with Gasteiger partial charge in [-0.05, 0) is 25.3 Å². The summed E-state index contributed by atoms with van der Waals surface area (Å²) in [6.45, 7) is 5.86. The maximum atomic E-state index is 4.38. The van der Waals surface area contributed by atoms with Gasteiger partial charge in [0.05, 0.1) is 6.54 Å². The van der Waals surface area contributed by atoms with Crippen LogP contribution < -0.4 is 10.2 Å². The second-order valence-electron chi connectivity index (χ2n) is 4.14. The van der Waals surface area contributed by atoms with E-state index in [0.717, 1.165) is 30.3 Å². The SMILES string of the molecule is CCNc1ncnc(N(C)Cc2cccs2)c1C. The van der Waals surface area contributed by atoms with Crippen molar-refractivity contribution in [3.05, 3.63) is 34.3 Å². The monoisotopic (exact) mass is 262 g/mol. The predicted molar refractivity (Wildman–Crippen MR) is 77.4 cm³/mol. The second-order valence-corrected chi connectivity index (χ2v) is 5.17. The number of hydrogen-bond acceptors (Lipinski definition) is 5. The first-order chi connectivity index (χ1) is 8.72. The van der Waals surface area contributed by atoms with E-state index in [1.54, 1.807) is 17.7 Å². The Morgan fingerprint density at radius 2 is 2.22 bits per heavy atom. The molecule has 0 saturated carbocycles. The summed E-state index contributed by atoms with van der Waals surface area (Å²) < 4.78 is 0. The molecule has 0 unspecified atom stereocenters. The highest BCUT2D eigenvalue weighted by Crippen LogP contribution is 2.23. The number of thiophene rings is 1. The van der Waals surface area contributed by atoms with Crippen LogP contribution in [-0.2, 0) is 6.54 Å². The Hall–Kier alpha value is -1.62. The van der Waals surface area contributed by atoms with Crippen molar-refractivity contribution in [3.63, 3.8) is 0 Å². The van der Waals surface area contributed by atoms with Gasteiger partial charge in [-0.3, -0.25) is 0 Å². The molecule has 0 aliphatic carbocycles. The van der Waals surface area contributed by atoms with E-state index in [2.05, 4.69) is 58.6 Å². The molecule has 0 fully saturated rings. The van der Waals surface area contributed by atoms with Crippen molar-refractivity contribution in [1.82, 2.24) is 9.97 Å². The summed E-state index contributed by atoms with van der Waals surface area (Å²) in [5, 5.41) is 5.35. The van der Waals surface area contributed by atoms with E-state index in [1.165, 1.54) is 4.88 Å². The van der Waals surface area contributed by atoms with Crippen LogP contribution in [-0.4, -0.2) is 23.6 Å². The first-order valence-corrected chi connectivity index (χ1v) is 6.89. The zero-order valence-corrected chi connectivity index (χ0v) is 11.8. The molecule has 0 saturated heterocycles. The zero-order chi connectivity index (χ0) is 13.0. The molecule has 2 aromatic heterocycles. The quantitative estimate of drug-likeness (QED) is 0.899. The normalized spacial score (nSPS) is 10.4. The second kappa shape index (κ2) is 5.82. The molecule has 0 radical (unpaired) electrons. The molecular weight excluding hydrogens is 244 g/mol. The van der Waals surface area contributed by atoms with Gasteiger partial charge in [0.25, 0.3) is 0 Å². The van der Waals surface area contributed by atoms with Crippen LogP contribution in [0.25, 0.3) is 0 Å². The highest BCUT2D eigenvalue weighted by atomic mass is 32.1. The Morgan fingerprint density at radius 1 is 1.39 bits per heavy atom. The smallest absolute Gasteiger partial charge is 0.137 e. The summed E-state index contributed by atoms with van der Waals surface area (Å²) in [6.07, 6.45) is 1.62. The number of nitrogens with zero attached hydrogens (tertiary/aromatic N) is 3. The van der Waals surface area contributed by atoms with E-state index in [1.807, 2.05) is 0 Å². The standard InChI is InChI=1S/C13H18N4S/c1-4-14-12-10(2)13(16-9-15-12)17(3)8-11-6-5-7-18-11/h5-7,9H,4,8H2,1-3H3,(H,14,15,16). The lowest BCUT2D eigenvalue weighted by atomic mass is 10.3. The largest absolute Gasteiger partial charge is 0.370 e. The predicted octanol–water partition coefficient (Wildman–Crippen LogP) is 2.91. The fraction of sp³-hybridized carbons (Fsp3) is 0.385. The summed E-state index contributed by atoms with van der Waals surface area (Å²) >= 11 is 1.77. The van der Waals surface area contributed by atoms with Crippen LogP contribution in [0, 0.1) is 6.92 Å². The van der Waals surface area contributed by atoms with Crippen molar-refractivity contribution < 1.29 is 0 Å². The van der Waals surface area contributed by atoms with Crippen molar-refractivity contribution in [3.8, 4) is 0 Å². The van der Waals surface area contributed by atoms with Crippen molar-refractivity contribution >= 4 is 23.0 Å². The lowest BCUT2D eigenvalue weighted by Gasteiger charge is -2.20. The average molecular weight is 262 g/mol. The molecule has 96 valence electrons. The Bertz CT molecular complexity index is 496. The van der Waals surface area contributed by atoms with E-state index in [-0.39, 0.29) is 0 Å². The number of nitrogens with one attached hydrogen (secondary N) is 1. The fourth-order valence-corrected chi connectivity index (χ4v) is 2.64. The van der Waals surface area contributed by atoms with Crippen molar-refractivity contribution in [2.24, 2.45) is 0 Å². The number of anilines is 2. The lowest BCUT2D eigenvalue weighted by molar-refractivity contribution is 0.894. The van der Waals surface area contributed by atoms with Gasteiger partial charge in [0.15, 0.2) is 0 Å². The van der Waals surface area contributed by atoms with E-state index in [9.17, 15) is 0 Å². The molecule has 0 aromatic carbocycles. The molecule has 0 aliphatic rings. The van der Waals surface area contributed by atoms with Gasteiger partial charge in [-0.15, -0.1) is 11.3 Å². The Balaban J connectivity index is 2.19. The molecular formula is C13H18N4S. The third-order valence-corrected chi connectivity index (χ3v) is 3.60. The van der Waals surface area contributed by atoms with Crippen LogP contribution in [0.1, 0.15) is 17.4 Å². The first-order valence-electron chi connectivity index (χ1n) is 6.01. The van der Waals surface area contributed by atoms with Crippen LogP contribution in [0.5, 0.6) is 0 Å². The van der Waals surface area contributed by atoms with Crippen molar-refractivity contribution in [1.29, 1.82) is 0 Å². The summed E-state index contributed by atoms with van der Waals surface area (Å²) in [4.78, 5) is 12.1. The number of hydrogen-bond donors (Lipinski definition) is 1. The third kappa shape index (κ3) is 2.79. The molecule has 4 nitrogen and oxygen atoms in total. The van der Waals surface area contributed by atoms with Gasteiger partial charge < -0.3 is 10.2 Å². The van der Waals surface area contributed by atoms with Gasteiger partial charge in [0.1, 0.15) is 18.0 Å². The maximum Gasteiger partial charge on any atom is 0.137 e. The molecule has 18 heavy (non-hydrogen) atoms. The molecule has 5 heteroatoms. The van der Waals surface area contributed by atoms with Crippen LogP contribution >= 0.6 is 11.3 Å². The minimum Gasteiger partial charge on any atom is -0.370 e. The van der Waals surface area contributed by atoms with E-state index < -0.39 is 0 Å². The molecule has 2 rings (SSSR count). The Kier molecular flexibility index (Phi) is 4.15. The molecule has 2 heterocycles. The highest BCUT2D eigenvalue weighted by Gasteiger charge is 2.11. The Labute approximate surface area is 112 Å². The van der Waals surface area contributed by atoms with Gasteiger partial charge in [-0.25, -0.2) is 9.97 Å². The average Bonchev–Trinajstić information content (AvgIpc) is 2.85. The minimum absolute atomic E-state index is 0.867. The topological polar surface area (TPSA) is 41.1 Å². The zero-order valence-electron chi connectivity index (χ0n) is 11.0. The van der Waals surface area contributed by atoms with Gasteiger partial charge in [0, 0.05) is 24.0 Å². The first kappa shape index (κ1) is 12.8. The van der Waals surface area contributed by atoms with Gasteiger partial charge in [0.2, 0.25) is 0 Å². The summed E-state index contributed by atoms with van der Waals surface area (Å²) in [5.74, 6) is 1.90. The Morgan fingerprint density at radius 3 is 2.89 bits per heavy atom. The molecule has 0 spiro atoms. The summed E-state index contributed by atoms with van der Waals surface area (Å²) in [7, 11) is 2.06. The van der Waals surface area contributed by atoms with Crippen molar-refractivity contribution in [2.45, 2.75) is 20.4 Å². The van der Waals surface area contributed by atoms with Crippen LogP contribution in [0.3, 0.4) is 0 Å². The maximum absolute atomic E-state index is 4.38. The third-order valence-electron chi connectivity index (χ3n) is 2.74.